The van der Waals surface area contributed by atoms with Crippen LogP contribution in [-0.2, 0) is 6.42 Å². The predicted octanol–water partition coefficient (Wildman–Crippen LogP) is 3.95. The SMILES string of the molecule is OC(Cc1ccc(Br)cc1Cl)C(O)C1CCCCC1. The maximum Gasteiger partial charge on any atom is 0.0842 e. The third kappa shape index (κ3) is 4.19. The van der Waals surface area contributed by atoms with Crippen LogP contribution in [0.2, 0.25) is 5.02 Å². The Labute approximate surface area is 127 Å². The van der Waals surface area contributed by atoms with E-state index in [1.165, 1.54) is 6.42 Å². The summed E-state index contributed by atoms with van der Waals surface area (Å²) in [4.78, 5) is 0. The van der Waals surface area contributed by atoms with Gasteiger partial charge in [0.25, 0.3) is 0 Å². The smallest absolute Gasteiger partial charge is 0.0842 e. The number of benzene rings is 1. The number of rotatable bonds is 4. The van der Waals surface area contributed by atoms with Crippen LogP contribution in [-0.4, -0.2) is 22.4 Å². The Balaban J connectivity index is 1.97. The molecular weight excluding hydrogens is 328 g/mol. The van der Waals surface area contributed by atoms with Crippen molar-refractivity contribution >= 4 is 27.5 Å². The first-order valence-electron chi connectivity index (χ1n) is 6.88. The summed E-state index contributed by atoms with van der Waals surface area (Å²) in [6.07, 6.45) is 4.64. The first-order chi connectivity index (χ1) is 9.08. The Bertz CT molecular complexity index is 419. The van der Waals surface area contributed by atoms with E-state index in [0.29, 0.717) is 11.4 Å². The van der Waals surface area contributed by atoms with Gasteiger partial charge in [0.1, 0.15) is 0 Å². The summed E-state index contributed by atoms with van der Waals surface area (Å²) < 4.78 is 0.920. The van der Waals surface area contributed by atoms with Gasteiger partial charge < -0.3 is 10.2 Å². The molecule has 2 rings (SSSR count). The van der Waals surface area contributed by atoms with Crippen LogP contribution < -0.4 is 0 Å². The number of halogens is 2. The van der Waals surface area contributed by atoms with Crippen LogP contribution in [0.5, 0.6) is 0 Å². The molecule has 0 amide bonds. The summed E-state index contributed by atoms with van der Waals surface area (Å²) in [7, 11) is 0. The fraction of sp³-hybridized carbons (Fsp3) is 0.600. The van der Waals surface area contributed by atoms with Gasteiger partial charge in [0.15, 0.2) is 0 Å². The van der Waals surface area contributed by atoms with Crippen LogP contribution in [0.25, 0.3) is 0 Å². The summed E-state index contributed by atoms with van der Waals surface area (Å²) >= 11 is 9.50. The molecule has 1 fully saturated rings. The highest BCUT2D eigenvalue weighted by Crippen LogP contribution is 2.29. The maximum atomic E-state index is 10.2. The molecule has 2 unspecified atom stereocenters. The highest BCUT2D eigenvalue weighted by molar-refractivity contribution is 9.10. The minimum atomic E-state index is -0.734. The zero-order valence-electron chi connectivity index (χ0n) is 10.9. The van der Waals surface area contributed by atoms with E-state index in [1.807, 2.05) is 18.2 Å². The molecule has 0 bridgehead atoms. The summed E-state index contributed by atoms with van der Waals surface area (Å²) in [5, 5.41) is 21.1. The van der Waals surface area contributed by atoms with E-state index in [0.717, 1.165) is 35.7 Å². The highest BCUT2D eigenvalue weighted by Gasteiger charge is 2.28. The molecule has 4 heteroatoms. The molecule has 1 aromatic rings. The standard InChI is InChI=1S/C15H20BrClO2/c16-12-7-6-11(13(17)9-12)8-14(18)15(19)10-4-2-1-3-5-10/h6-7,9-10,14-15,18-19H,1-5,8H2. The molecule has 2 atom stereocenters. The van der Waals surface area contributed by atoms with Crippen molar-refractivity contribution in [2.45, 2.75) is 50.7 Å². The van der Waals surface area contributed by atoms with Gasteiger partial charge in [-0.15, -0.1) is 0 Å². The summed E-state index contributed by atoms with van der Waals surface area (Å²) in [5.74, 6) is 0.234. The van der Waals surface area contributed by atoms with E-state index >= 15 is 0 Å². The van der Waals surface area contributed by atoms with Gasteiger partial charge in [-0.25, -0.2) is 0 Å². The van der Waals surface area contributed by atoms with Gasteiger partial charge in [0.05, 0.1) is 12.2 Å². The topological polar surface area (TPSA) is 40.5 Å². The molecule has 1 aliphatic rings. The van der Waals surface area contributed by atoms with E-state index in [4.69, 9.17) is 11.6 Å². The molecule has 0 aromatic heterocycles. The molecule has 1 aliphatic carbocycles. The molecule has 0 spiro atoms. The molecule has 0 radical (unpaired) electrons. The van der Waals surface area contributed by atoms with Crippen LogP contribution in [0.4, 0.5) is 0 Å². The van der Waals surface area contributed by atoms with Crippen molar-refractivity contribution in [3.05, 3.63) is 33.3 Å². The lowest BCUT2D eigenvalue weighted by atomic mass is 9.82. The number of aliphatic hydroxyl groups is 2. The van der Waals surface area contributed by atoms with E-state index < -0.39 is 12.2 Å². The molecule has 1 saturated carbocycles. The van der Waals surface area contributed by atoms with Crippen molar-refractivity contribution in [3.8, 4) is 0 Å². The zero-order valence-corrected chi connectivity index (χ0v) is 13.2. The van der Waals surface area contributed by atoms with Gasteiger partial charge in [-0.1, -0.05) is 52.9 Å². The van der Waals surface area contributed by atoms with Gasteiger partial charge in [-0.2, -0.15) is 0 Å². The van der Waals surface area contributed by atoms with Crippen molar-refractivity contribution in [1.29, 1.82) is 0 Å². The van der Waals surface area contributed by atoms with Gasteiger partial charge in [-0.05, 0) is 36.5 Å². The lowest BCUT2D eigenvalue weighted by Gasteiger charge is -2.30. The predicted molar refractivity (Wildman–Crippen MR) is 81.4 cm³/mol. The van der Waals surface area contributed by atoms with Crippen LogP contribution >= 0.6 is 27.5 Å². The second-order valence-corrected chi connectivity index (χ2v) is 6.72. The van der Waals surface area contributed by atoms with Gasteiger partial charge in [-0.3, -0.25) is 0 Å². The molecule has 0 heterocycles. The van der Waals surface area contributed by atoms with Gasteiger partial charge in [0.2, 0.25) is 0 Å². The molecule has 0 aliphatic heterocycles. The molecule has 19 heavy (non-hydrogen) atoms. The summed E-state index contributed by atoms with van der Waals surface area (Å²) in [6.45, 7) is 0. The molecule has 2 nitrogen and oxygen atoms in total. The molecular formula is C15H20BrClO2. The minimum Gasteiger partial charge on any atom is -0.390 e. The monoisotopic (exact) mass is 346 g/mol. The van der Waals surface area contributed by atoms with Crippen LogP contribution in [0.3, 0.4) is 0 Å². The maximum absolute atomic E-state index is 10.2. The lowest BCUT2D eigenvalue weighted by molar-refractivity contribution is -0.0263. The van der Waals surface area contributed by atoms with Crippen molar-refractivity contribution in [2.24, 2.45) is 5.92 Å². The zero-order chi connectivity index (χ0) is 13.8. The largest absolute Gasteiger partial charge is 0.390 e. The van der Waals surface area contributed by atoms with Crippen molar-refractivity contribution in [2.75, 3.05) is 0 Å². The number of aliphatic hydroxyl groups excluding tert-OH is 2. The lowest BCUT2D eigenvalue weighted by Crippen LogP contribution is -2.36. The Morgan fingerprint density at radius 2 is 1.89 bits per heavy atom. The third-order valence-corrected chi connectivity index (χ3v) is 4.82. The van der Waals surface area contributed by atoms with E-state index in [2.05, 4.69) is 15.9 Å². The number of hydrogen-bond acceptors (Lipinski definition) is 2. The number of hydrogen-bond donors (Lipinski definition) is 2. The Hall–Kier alpha value is -0.0900. The van der Waals surface area contributed by atoms with Crippen LogP contribution in [0.15, 0.2) is 22.7 Å². The quantitative estimate of drug-likeness (QED) is 0.866. The normalized spacial score (nSPS) is 20.2. The second-order valence-electron chi connectivity index (χ2n) is 5.40. The average Bonchev–Trinajstić information content (AvgIpc) is 2.42. The van der Waals surface area contributed by atoms with E-state index in [-0.39, 0.29) is 5.92 Å². The summed E-state index contributed by atoms with van der Waals surface area (Å²) in [5.41, 5.74) is 0.882. The van der Waals surface area contributed by atoms with Crippen molar-refractivity contribution < 1.29 is 10.2 Å². The summed E-state index contributed by atoms with van der Waals surface area (Å²) in [6, 6.07) is 5.61. The average molecular weight is 348 g/mol. The minimum absolute atomic E-state index is 0.234. The third-order valence-electron chi connectivity index (χ3n) is 3.97. The van der Waals surface area contributed by atoms with Crippen molar-refractivity contribution in [3.63, 3.8) is 0 Å². The Morgan fingerprint density at radius 1 is 1.21 bits per heavy atom. The first-order valence-corrected chi connectivity index (χ1v) is 8.05. The van der Waals surface area contributed by atoms with Crippen LogP contribution in [0.1, 0.15) is 37.7 Å². The molecule has 1 aromatic carbocycles. The molecule has 2 N–H and O–H groups in total. The second kappa shape index (κ2) is 7.07. The van der Waals surface area contributed by atoms with Gasteiger partial charge >= 0.3 is 0 Å². The van der Waals surface area contributed by atoms with Crippen molar-refractivity contribution in [1.82, 2.24) is 0 Å². The Morgan fingerprint density at radius 3 is 2.53 bits per heavy atom. The van der Waals surface area contributed by atoms with E-state index in [9.17, 15) is 10.2 Å². The fourth-order valence-corrected chi connectivity index (χ4v) is 3.57. The molecule has 0 saturated heterocycles. The Kier molecular flexibility index (Phi) is 5.70. The van der Waals surface area contributed by atoms with Crippen LogP contribution in [0, 0.1) is 5.92 Å². The fourth-order valence-electron chi connectivity index (χ4n) is 2.82. The van der Waals surface area contributed by atoms with Gasteiger partial charge in [0, 0.05) is 15.9 Å². The first kappa shape index (κ1) is 15.3. The highest BCUT2D eigenvalue weighted by atomic mass is 79.9. The van der Waals surface area contributed by atoms with E-state index in [1.54, 1.807) is 0 Å². The molecule has 106 valence electrons.